The Morgan fingerprint density at radius 3 is 2.39 bits per heavy atom. The minimum atomic E-state index is -4.72. The number of pyridine rings is 1. The molecule has 8 nitrogen and oxygen atoms in total. The summed E-state index contributed by atoms with van der Waals surface area (Å²) in [5, 5.41) is -0.242. The molecular weight excluding hydrogens is 579 g/mol. The molecule has 3 aromatic rings. The van der Waals surface area contributed by atoms with Crippen LogP contribution in [-0.4, -0.2) is 62.1 Å². The summed E-state index contributed by atoms with van der Waals surface area (Å²) in [6, 6.07) is 5.72. The predicted octanol–water partition coefficient (Wildman–Crippen LogP) is 6.19. The number of anilines is 1. The van der Waals surface area contributed by atoms with E-state index < -0.39 is 34.1 Å². The highest BCUT2D eigenvalue weighted by atomic mass is 35.5. The van der Waals surface area contributed by atoms with Crippen molar-refractivity contribution in [3.8, 4) is 0 Å². The minimum Gasteiger partial charge on any atom is -0.444 e. The Morgan fingerprint density at radius 2 is 1.80 bits per heavy atom. The molecule has 4 heterocycles. The first-order valence-electron chi connectivity index (χ1n) is 13.3. The number of thioether (sulfide) groups is 1. The molecule has 2 aromatic heterocycles. The summed E-state index contributed by atoms with van der Waals surface area (Å²) in [5.74, 6) is 0.278. The Balaban J connectivity index is 1.63. The molecule has 1 aromatic carbocycles. The van der Waals surface area contributed by atoms with E-state index in [2.05, 4.69) is 9.97 Å². The number of alkyl halides is 3. The van der Waals surface area contributed by atoms with Gasteiger partial charge >= 0.3 is 18.0 Å². The first-order chi connectivity index (χ1) is 19.2. The predicted molar refractivity (Wildman–Crippen MR) is 153 cm³/mol. The van der Waals surface area contributed by atoms with Gasteiger partial charge in [0, 0.05) is 48.6 Å². The van der Waals surface area contributed by atoms with Crippen molar-refractivity contribution in [1.82, 2.24) is 19.4 Å². The highest BCUT2D eigenvalue weighted by Crippen LogP contribution is 2.47. The molecule has 0 bridgehead atoms. The van der Waals surface area contributed by atoms with Crippen LogP contribution in [0.4, 0.5) is 23.8 Å². The maximum atomic E-state index is 14.2. The number of rotatable bonds is 2. The fraction of sp³-hybridized carbons (Fsp3) is 0.500. The van der Waals surface area contributed by atoms with E-state index in [-0.39, 0.29) is 53.7 Å². The summed E-state index contributed by atoms with van der Waals surface area (Å²) in [7, 11) is 0. The Kier molecular flexibility index (Phi) is 7.69. The topological polar surface area (TPSA) is 80.6 Å². The number of carbonyl (C=O) groups excluding carboxylic acids is 1. The number of piperazine rings is 1. The van der Waals surface area contributed by atoms with Gasteiger partial charge in [-0.2, -0.15) is 18.2 Å². The third-order valence-corrected chi connectivity index (χ3v) is 8.96. The Bertz CT molecular complexity index is 1530. The van der Waals surface area contributed by atoms with Gasteiger partial charge in [-0.05, 0) is 52.8 Å². The molecule has 0 spiro atoms. The number of hydrogen-bond donors (Lipinski definition) is 0. The molecule has 0 aliphatic carbocycles. The van der Waals surface area contributed by atoms with Crippen LogP contribution in [0.5, 0.6) is 0 Å². The molecule has 1 saturated heterocycles. The molecule has 2 unspecified atom stereocenters. The van der Waals surface area contributed by atoms with Gasteiger partial charge in [-0.1, -0.05) is 17.7 Å². The van der Waals surface area contributed by atoms with Gasteiger partial charge in [0.15, 0.2) is 0 Å². The maximum absolute atomic E-state index is 14.2. The van der Waals surface area contributed by atoms with E-state index in [1.54, 1.807) is 42.8 Å². The van der Waals surface area contributed by atoms with Crippen molar-refractivity contribution in [2.45, 2.75) is 75.8 Å². The summed E-state index contributed by atoms with van der Waals surface area (Å²) < 4.78 is 49.7. The molecule has 1 amide bonds. The SMILES string of the molecule is CC1CN(c2nc(=O)n3c4c(c(Cl)c(C(F)(F)F)cc24)SC[C@@H](c2ccccn2)C3)CC(C)N1C(=O)OC(C)(C)C. The second-order valence-electron chi connectivity index (χ2n) is 11.5. The second-order valence-corrected chi connectivity index (χ2v) is 13.0. The van der Waals surface area contributed by atoms with Gasteiger partial charge in [0.25, 0.3) is 0 Å². The third-order valence-electron chi connectivity index (χ3n) is 7.20. The number of hydrogen-bond acceptors (Lipinski definition) is 7. The molecule has 13 heteroatoms. The van der Waals surface area contributed by atoms with E-state index in [1.165, 1.54) is 16.3 Å². The van der Waals surface area contributed by atoms with Crippen molar-refractivity contribution in [2.24, 2.45) is 0 Å². The van der Waals surface area contributed by atoms with E-state index in [0.717, 1.165) is 11.8 Å². The number of ether oxygens (including phenoxy) is 1. The lowest BCUT2D eigenvalue weighted by molar-refractivity contribution is -0.137. The molecule has 41 heavy (non-hydrogen) atoms. The van der Waals surface area contributed by atoms with Crippen LogP contribution in [-0.2, 0) is 17.5 Å². The van der Waals surface area contributed by atoms with Crippen molar-refractivity contribution in [1.29, 1.82) is 0 Å². The van der Waals surface area contributed by atoms with Crippen LogP contribution in [0.1, 0.15) is 51.8 Å². The monoisotopic (exact) mass is 609 g/mol. The van der Waals surface area contributed by atoms with Gasteiger partial charge < -0.3 is 9.64 Å². The molecular formula is C28H31ClF3N5O3S. The van der Waals surface area contributed by atoms with Crippen LogP contribution in [0.15, 0.2) is 40.2 Å². The Labute approximate surface area is 244 Å². The van der Waals surface area contributed by atoms with E-state index in [1.807, 2.05) is 26.0 Å². The zero-order valence-electron chi connectivity index (χ0n) is 23.3. The molecule has 0 saturated carbocycles. The van der Waals surface area contributed by atoms with Gasteiger partial charge in [0.1, 0.15) is 11.4 Å². The molecule has 5 rings (SSSR count). The second kappa shape index (κ2) is 10.7. The lowest BCUT2D eigenvalue weighted by atomic mass is 10.0. The Morgan fingerprint density at radius 1 is 1.12 bits per heavy atom. The normalized spacial score (nSPS) is 21.6. The molecule has 2 aliphatic rings. The summed E-state index contributed by atoms with van der Waals surface area (Å²) in [4.78, 5) is 38.9. The highest BCUT2D eigenvalue weighted by Gasteiger charge is 2.40. The zero-order chi connectivity index (χ0) is 29.9. The van der Waals surface area contributed by atoms with Crippen molar-refractivity contribution in [2.75, 3.05) is 23.7 Å². The van der Waals surface area contributed by atoms with E-state index >= 15 is 0 Å². The van der Waals surface area contributed by atoms with Crippen LogP contribution >= 0.6 is 23.4 Å². The van der Waals surface area contributed by atoms with Gasteiger partial charge in [-0.3, -0.25) is 14.5 Å². The number of halogens is 4. The first kappa shape index (κ1) is 29.5. The quantitative estimate of drug-likeness (QED) is 0.343. The Hall–Kier alpha value is -2.99. The average Bonchev–Trinajstić information content (AvgIpc) is 3.07. The fourth-order valence-corrected chi connectivity index (χ4v) is 7.19. The molecule has 0 radical (unpaired) electrons. The van der Waals surface area contributed by atoms with Crippen LogP contribution in [0.3, 0.4) is 0 Å². The smallest absolute Gasteiger partial charge is 0.417 e. The first-order valence-corrected chi connectivity index (χ1v) is 14.7. The fourth-order valence-electron chi connectivity index (χ4n) is 5.54. The zero-order valence-corrected chi connectivity index (χ0v) is 24.9. The number of nitrogens with zero attached hydrogens (tertiary/aromatic N) is 5. The number of amides is 1. The lowest BCUT2D eigenvalue weighted by Gasteiger charge is -2.45. The average molecular weight is 610 g/mol. The summed E-state index contributed by atoms with van der Waals surface area (Å²) in [6.45, 7) is 9.71. The summed E-state index contributed by atoms with van der Waals surface area (Å²) in [5.41, 5.74) is -1.19. The highest BCUT2D eigenvalue weighted by molar-refractivity contribution is 7.99. The molecule has 3 atom stereocenters. The third kappa shape index (κ3) is 5.73. The largest absolute Gasteiger partial charge is 0.444 e. The van der Waals surface area contributed by atoms with Crippen LogP contribution in [0.2, 0.25) is 5.02 Å². The van der Waals surface area contributed by atoms with Crippen LogP contribution < -0.4 is 10.6 Å². The molecule has 1 fully saturated rings. The van der Waals surface area contributed by atoms with Gasteiger partial charge in [0.05, 0.1) is 33.1 Å². The van der Waals surface area contributed by atoms with Crippen molar-refractivity contribution >= 4 is 46.2 Å². The lowest BCUT2D eigenvalue weighted by Crippen LogP contribution is -2.59. The number of carbonyl (C=O) groups is 1. The number of benzene rings is 1. The van der Waals surface area contributed by atoms with E-state index in [4.69, 9.17) is 16.3 Å². The van der Waals surface area contributed by atoms with Gasteiger partial charge in [-0.15, -0.1) is 11.8 Å². The van der Waals surface area contributed by atoms with E-state index in [0.29, 0.717) is 11.3 Å². The van der Waals surface area contributed by atoms with Gasteiger partial charge in [-0.25, -0.2) is 9.59 Å². The maximum Gasteiger partial charge on any atom is 0.417 e. The standard InChI is InChI=1S/C28H31ClF3N5O3S/c1-15-11-35(12-16(2)37(15)26(39)40-27(3,4)5)24-18-10-19(28(30,31)32)21(29)23-22(18)36(25(38)34-24)13-17(14-41-23)20-8-6-7-9-33-20/h6-10,15-17H,11-14H2,1-5H3/t15?,16?,17-/m0/s1. The van der Waals surface area contributed by atoms with Gasteiger partial charge in [0.2, 0.25) is 0 Å². The van der Waals surface area contributed by atoms with E-state index in [9.17, 15) is 22.8 Å². The van der Waals surface area contributed by atoms with Crippen molar-refractivity contribution in [3.63, 3.8) is 0 Å². The molecule has 0 N–H and O–H groups in total. The summed E-state index contributed by atoms with van der Waals surface area (Å²) >= 11 is 7.61. The number of aromatic nitrogens is 3. The minimum absolute atomic E-state index is 0.143. The van der Waals surface area contributed by atoms with Crippen LogP contribution in [0, 0.1) is 0 Å². The van der Waals surface area contributed by atoms with Crippen molar-refractivity contribution in [3.05, 3.63) is 57.2 Å². The molecule has 220 valence electrons. The summed E-state index contributed by atoms with van der Waals surface area (Å²) in [6.07, 6.45) is -3.55. The van der Waals surface area contributed by atoms with Crippen molar-refractivity contribution < 1.29 is 22.7 Å². The molecule has 2 aliphatic heterocycles. The van der Waals surface area contributed by atoms with Crippen LogP contribution in [0.25, 0.3) is 10.9 Å².